The van der Waals surface area contributed by atoms with Crippen LogP contribution in [0.3, 0.4) is 0 Å². The summed E-state index contributed by atoms with van der Waals surface area (Å²) >= 11 is 0. The number of aryl methyl sites for hydroxylation is 4. The maximum atomic E-state index is 13.0. The van der Waals surface area contributed by atoms with Crippen molar-refractivity contribution in [3.05, 3.63) is 138 Å². The van der Waals surface area contributed by atoms with Gasteiger partial charge in [0, 0.05) is 39.2 Å². The number of fused-ring (bicyclic) bond motifs is 2. The predicted molar refractivity (Wildman–Crippen MR) is 215 cm³/mol. The number of rotatable bonds is 8. The van der Waals surface area contributed by atoms with Crippen LogP contribution in [0.5, 0.6) is 11.5 Å². The van der Waals surface area contributed by atoms with Gasteiger partial charge in [0.2, 0.25) is 5.91 Å². The minimum atomic E-state index is -4.85. The van der Waals surface area contributed by atoms with Gasteiger partial charge in [-0.3, -0.25) is 13.9 Å². The number of amides is 1. The molecular weight excluding hydrogens is 737 g/mol. The Kier molecular flexibility index (Phi) is 10.3. The van der Waals surface area contributed by atoms with Gasteiger partial charge in [-0.2, -0.15) is 16.8 Å². The van der Waals surface area contributed by atoms with Crippen LogP contribution >= 0.6 is 0 Å². The van der Waals surface area contributed by atoms with Gasteiger partial charge in [0.15, 0.2) is 0 Å². The van der Waals surface area contributed by atoms with Gasteiger partial charge >= 0.3 is 0 Å². The van der Waals surface area contributed by atoms with Gasteiger partial charge in [0.25, 0.3) is 20.2 Å². The highest BCUT2D eigenvalue weighted by Gasteiger charge is 2.28. The van der Waals surface area contributed by atoms with Gasteiger partial charge in [0.1, 0.15) is 21.3 Å². The van der Waals surface area contributed by atoms with E-state index in [2.05, 4.69) is 5.32 Å². The van der Waals surface area contributed by atoms with Crippen LogP contribution in [0.25, 0.3) is 11.6 Å². The third kappa shape index (κ3) is 7.55. The first kappa shape index (κ1) is 39.4. The molecule has 5 N–H and O–H groups in total. The number of nitrogen functional groups attached to an aromatic ring is 1. The Labute approximate surface area is 321 Å². The molecule has 1 aliphatic rings. The maximum absolute atomic E-state index is 13.0. The molecule has 286 valence electrons. The molecule has 0 bridgehead atoms. The first-order chi connectivity index (χ1) is 25.7. The Morgan fingerprint density at radius 3 is 2.07 bits per heavy atom. The molecule has 1 heterocycles. The molecule has 5 aromatic carbocycles. The lowest BCUT2D eigenvalue weighted by Gasteiger charge is -2.24. The van der Waals surface area contributed by atoms with Crippen LogP contribution < -0.4 is 26.2 Å². The largest absolute Gasteiger partial charge is 0.456 e. The zero-order valence-corrected chi connectivity index (χ0v) is 33.6. The third-order valence-electron chi connectivity index (χ3n) is 10.3. The van der Waals surface area contributed by atoms with Gasteiger partial charge in [-0.25, -0.2) is 0 Å². The first-order valence-corrected chi connectivity index (χ1v) is 20.6. The second kappa shape index (κ2) is 14.4. The van der Waals surface area contributed by atoms with Crippen LogP contribution in [0.15, 0.2) is 76.5 Å². The van der Waals surface area contributed by atoms with Gasteiger partial charge in [-0.1, -0.05) is 56.3 Å². The monoisotopic (exact) mass is 780 g/mol. The summed E-state index contributed by atoms with van der Waals surface area (Å²) in [6, 6.07) is 18.0. The van der Waals surface area contributed by atoms with Crippen LogP contribution in [-0.2, 0) is 31.5 Å². The normalized spacial score (nSPS) is 13.1. The summed E-state index contributed by atoms with van der Waals surface area (Å²) in [6.07, 6.45) is 2.10. The van der Waals surface area contributed by atoms with Crippen molar-refractivity contribution in [1.29, 1.82) is 0 Å². The Morgan fingerprint density at radius 2 is 1.42 bits per heavy atom. The third-order valence-corrected chi connectivity index (χ3v) is 12.1. The molecule has 0 fully saturated rings. The fraction of sp³-hybridized carbons (Fsp3) is 0.233. The average molecular weight is 781 g/mol. The molecule has 12 heteroatoms. The smallest absolute Gasteiger partial charge is 0.295 e. The van der Waals surface area contributed by atoms with Crippen LogP contribution in [0.2, 0.25) is 0 Å². The summed E-state index contributed by atoms with van der Waals surface area (Å²) in [5.41, 5.74) is 16.4. The molecule has 55 heavy (non-hydrogen) atoms. The second-order valence-corrected chi connectivity index (χ2v) is 17.3. The predicted octanol–water partition coefficient (Wildman–Crippen LogP) is 6.98. The van der Waals surface area contributed by atoms with Crippen molar-refractivity contribution < 1.29 is 35.5 Å². The molecule has 1 aliphatic heterocycles. The molecule has 5 aromatic rings. The molecule has 6 rings (SSSR count). The summed E-state index contributed by atoms with van der Waals surface area (Å²) < 4.78 is 79.0. The fourth-order valence-corrected chi connectivity index (χ4v) is 8.75. The number of nitrogens with one attached hydrogen (secondary N) is 1. The lowest BCUT2D eigenvalue weighted by molar-refractivity contribution is -0.118. The van der Waals surface area contributed by atoms with E-state index in [-0.39, 0.29) is 44.0 Å². The van der Waals surface area contributed by atoms with Crippen molar-refractivity contribution in [1.82, 2.24) is 0 Å². The second-order valence-electron chi connectivity index (χ2n) is 14.6. The van der Waals surface area contributed by atoms with E-state index < -0.39 is 25.1 Å². The minimum Gasteiger partial charge on any atom is -0.456 e. The van der Waals surface area contributed by atoms with E-state index in [1.54, 1.807) is 18.2 Å². The van der Waals surface area contributed by atoms with E-state index in [1.807, 2.05) is 79.7 Å². The lowest BCUT2D eigenvalue weighted by atomic mass is 9.89. The van der Waals surface area contributed by atoms with Crippen molar-refractivity contribution in [3.8, 4) is 11.5 Å². The van der Waals surface area contributed by atoms with Crippen molar-refractivity contribution in [2.75, 3.05) is 11.1 Å². The van der Waals surface area contributed by atoms with Crippen molar-refractivity contribution in [2.24, 2.45) is 5.92 Å². The molecule has 10 nitrogen and oxygen atoms in total. The number of benzene rings is 5. The van der Waals surface area contributed by atoms with Crippen molar-refractivity contribution in [2.45, 2.75) is 71.6 Å². The summed E-state index contributed by atoms with van der Waals surface area (Å²) in [7, 11) is -9.60. The maximum Gasteiger partial charge on any atom is 0.295 e. The summed E-state index contributed by atoms with van der Waals surface area (Å²) in [5, 5.41) is 3.39. The van der Waals surface area contributed by atoms with E-state index in [0.29, 0.717) is 29.0 Å². The molecule has 0 saturated heterocycles. The summed E-state index contributed by atoms with van der Waals surface area (Å²) in [4.78, 5) is 11.9. The van der Waals surface area contributed by atoms with Crippen molar-refractivity contribution >= 4 is 49.2 Å². The lowest BCUT2D eigenvalue weighted by Crippen LogP contribution is -2.25. The number of ether oxygens (including phenoxy) is 1. The molecule has 1 amide bonds. The highest BCUT2D eigenvalue weighted by Crippen LogP contribution is 2.40. The van der Waals surface area contributed by atoms with Crippen LogP contribution in [0.4, 0.5) is 11.4 Å². The standard InChI is InChI=1S/C43H44N2O8S2/c1-22(2)43(46)45-42-26(6)16-24(4)33(28(42)8)17-29-13-14-31-36(18-29)53-37-20-30(19-34-23(3)15-25(5)41(44)27(34)7)39(55(50,51)52)21-35(37)40(31)32-11-9-10-12-38(32)54(47,48)49/h9-16,18-22H,17,44H2,1-8H3,(H,45,46)(H,47,48,49)(H,50,51,52)/b30-19-. The number of carbonyl (C=O) groups excluding carboxylic acids is 1. The molecule has 0 unspecified atom stereocenters. The molecular formula is C43H44N2O8S2. The zero-order valence-electron chi connectivity index (χ0n) is 32.0. The van der Waals surface area contributed by atoms with Crippen molar-refractivity contribution in [3.63, 3.8) is 0 Å². The minimum absolute atomic E-state index is 0.0833. The molecule has 0 radical (unpaired) electrons. The molecule has 0 atom stereocenters. The first-order valence-electron chi connectivity index (χ1n) is 17.7. The number of carbonyl (C=O) groups is 1. The molecule has 0 aliphatic carbocycles. The molecule has 0 saturated carbocycles. The highest BCUT2D eigenvalue weighted by atomic mass is 32.2. The van der Waals surface area contributed by atoms with Gasteiger partial charge in [-0.15, -0.1) is 0 Å². The number of nitrogens with two attached hydrogens (primary N) is 1. The van der Waals surface area contributed by atoms with Gasteiger partial charge < -0.3 is 15.8 Å². The van der Waals surface area contributed by atoms with Crippen LogP contribution in [0.1, 0.15) is 75.0 Å². The molecule has 0 spiro atoms. The number of hydrogen-bond donors (Lipinski definition) is 4. The van der Waals surface area contributed by atoms with E-state index in [0.717, 1.165) is 50.2 Å². The SMILES string of the molecule is Cc1cc(C)c(/C=c2/cc3c(cc2S(=O)(=O)O)=C(c2ccccc2S(=O)(=O)O)c2ccc(Cc4c(C)cc(C)c(NC(=O)C(C)C)c4C)cc2O3)c(C)c1N. The topological polar surface area (TPSA) is 173 Å². The molecule has 0 aromatic heterocycles. The van der Waals surface area contributed by atoms with E-state index >= 15 is 0 Å². The summed E-state index contributed by atoms with van der Waals surface area (Å²) in [5.74, 6) is 0.272. The quantitative estimate of drug-likeness (QED) is 0.0939. The van der Waals surface area contributed by atoms with Crippen LogP contribution in [-0.4, -0.2) is 31.8 Å². The zero-order chi connectivity index (χ0) is 40.3. The van der Waals surface area contributed by atoms with Gasteiger partial charge in [-0.05, 0) is 134 Å². The number of hydrogen-bond acceptors (Lipinski definition) is 7. The van der Waals surface area contributed by atoms with Gasteiger partial charge in [0.05, 0.1) is 0 Å². The van der Waals surface area contributed by atoms with E-state index in [1.165, 1.54) is 30.3 Å². The number of anilines is 2. The van der Waals surface area contributed by atoms with Crippen LogP contribution in [0, 0.1) is 47.5 Å². The summed E-state index contributed by atoms with van der Waals surface area (Å²) in [6.45, 7) is 15.2. The Hall–Kier alpha value is -5.27. The van der Waals surface area contributed by atoms with E-state index in [9.17, 15) is 30.7 Å². The fourth-order valence-electron chi connectivity index (χ4n) is 7.37. The Morgan fingerprint density at radius 1 is 0.764 bits per heavy atom. The average Bonchev–Trinajstić information content (AvgIpc) is 3.10. The van der Waals surface area contributed by atoms with E-state index in [4.69, 9.17) is 10.5 Å². The Bertz CT molecular complexity index is 2810. The Balaban J connectivity index is 1.63. The highest BCUT2D eigenvalue weighted by molar-refractivity contribution is 7.86.